The summed E-state index contributed by atoms with van der Waals surface area (Å²) in [7, 11) is 4.18. The van der Waals surface area contributed by atoms with Gasteiger partial charge in [0.25, 0.3) is 0 Å². The van der Waals surface area contributed by atoms with E-state index in [0.717, 1.165) is 32.2 Å². The molecule has 3 heteroatoms. The largest absolute Gasteiger partial charge is 0.381 e. The van der Waals surface area contributed by atoms with Crippen LogP contribution in [0.25, 0.3) is 0 Å². The maximum atomic E-state index is 5.45. The molecule has 3 nitrogen and oxygen atoms in total. The summed E-state index contributed by atoms with van der Waals surface area (Å²) in [6.07, 6.45) is 2.58. The molecule has 0 spiro atoms. The Kier molecular flexibility index (Phi) is 5.35. The third-order valence-electron chi connectivity index (χ3n) is 2.57. The average Bonchev–Trinajstić information content (AvgIpc) is 2.16. The molecule has 1 aliphatic rings. The summed E-state index contributed by atoms with van der Waals surface area (Å²) >= 11 is 0. The van der Waals surface area contributed by atoms with Gasteiger partial charge < -0.3 is 15.0 Å². The van der Waals surface area contributed by atoms with Gasteiger partial charge in [-0.05, 0) is 32.9 Å². The highest BCUT2D eigenvalue weighted by atomic mass is 16.5. The number of nitrogens with one attached hydrogen (secondary N) is 1. The lowest BCUT2D eigenvalue weighted by molar-refractivity contribution is 0.0422. The highest BCUT2D eigenvalue weighted by molar-refractivity contribution is 4.67. The fraction of sp³-hybridized carbons (Fsp3) is 1.00. The van der Waals surface area contributed by atoms with E-state index in [2.05, 4.69) is 17.3 Å². The minimum atomic E-state index is 0.760. The van der Waals surface area contributed by atoms with E-state index in [1.165, 1.54) is 19.4 Å². The predicted molar refractivity (Wildman–Crippen MR) is 55.0 cm³/mol. The Labute approximate surface area is 81.4 Å². The van der Waals surface area contributed by atoms with E-state index in [4.69, 9.17) is 4.74 Å². The topological polar surface area (TPSA) is 24.5 Å². The molecular weight excluding hydrogens is 164 g/mol. The molecule has 0 amide bonds. The van der Waals surface area contributed by atoms with Crippen LogP contribution in [0.2, 0.25) is 0 Å². The monoisotopic (exact) mass is 186 g/mol. The van der Waals surface area contributed by atoms with E-state index in [-0.39, 0.29) is 0 Å². The Morgan fingerprint density at radius 2 is 2.38 bits per heavy atom. The zero-order chi connectivity index (χ0) is 9.52. The van der Waals surface area contributed by atoms with Gasteiger partial charge in [0, 0.05) is 26.2 Å². The fourth-order valence-electron chi connectivity index (χ4n) is 1.79. The highest BCUT2D eigenvalue weighted by Gasteiger charge is 2.15. The Bertz CT molecular complexity index is 124. The molecular formula is C10H22N2O. The Morgan fingerprint density at radius 1 is 1.54 bits per heavy atom. The van der Waals surface area contributed by atoms with Gasteiger partial charge in [0.05, 0.1) is 6.61 Å². The van der Waals surface area contributed by atoms with Crippen molar-refractivity contribution in [1.82, 2.24) is 10.2 Å². The van der Waals surface area contributed by atoms with Crippen molar-refractivity contribution in [2.24, 2.45) is 5.92 Å². The first-order valence-electron chi connectivity index (χ1n) is 5.24. The van der Waals surface area contributed by atoms with Crippen molar-refractivity contribution in [2.45, 2.75) is 12.8 Å². The lowest BCUT2D eigenvalue weighted by atomic mass is 10.0. The van der Waals surface area contributed by atoms with E-state index in [1.54, 1.807) is 0 Å². The number of likely N-dealkylation sites (N-methyl/N-ethyl adjacent to an activating group) is 2. The van der Waals surface area contributed by atoms with Crippen LogP contribution in [0.15, 0.2) is 0 Å². The third-order valence-corrected chi connectivity index (χ3v) is 2.57. The van der Waals surface area contributed by atoms with Gasteiger partial charge in [-0.15, -0.1) is 0 Å². The molecule has 0 aromatic heterocycles. The minimum absolute atomic E-state index is 0.760. The van der Waals surface area contributed by atoms with Crippen molar-refractivity contribution < 1.29 is 4.74 Å². The predicted octanol–water partition coefficient (Wildman–Crippen LogP) is 0.564. The van der Waals surface area contributed by atoms with E-state index in [1.807, 2.05) is 7.05 Å². The molecule has 1 N–H and O–H groups in total. The molecule has 1 aliphatic heterocycles. The normalized spacial score (nSPS) is 23.8. The van der Waals surface area contributed by atoms with Crippen molar-refractivity contribution >= 4 is 0 Å². The smallest absolute Gasteiger partial charge is 0.0506 e. The molecule has 1 rings (SSSR count). The first kappa shape index (κ1) is 11.0. The van der Waals surface area contributed by atoms with Crippen LogP contribution in [0.4, 0.5) is 0 Å². The van der Waals surface area contributed by atoms with Crippen LogP contribution in [0.1, 0.15) is 12.8 Å². The molecule has 0 saturated carbocycles. The fourth-order valence-corrected chi connectivity index (χ4v) is 1.79. The van der Waals surface area contributed by atoms with Crippen LogP contribution in [0.5, 0.6) is 0 Å². The Morgan fingerprint density at radius 3 is 3.00 bits per heavy atom. The van der Waals surface area contributed by atoms with Gasteiger partial charge in [0.15, 0.2) is 0 Å². The van der Waals surface area contributed by atoms with Crippen LogP contribution in [0, 0.1) is 5.92 Å². The molecule has 0 radical (unpaired) electrons. The van der Waals surface area contributed by atoms with Gasteiger partial charge in [0.2, 0.25) is 0 Å². The third kappa shape index (κ3) is 4.60. The Hall–Kier alpha value is -0.120. The second kappa shape index (κ2) is 6.35. The summed E-state index contributed by atoms with van der Waals surface area (Å²) in [4.78, 5) is 2.38. The maximum Gasteiger partial charge on any atom is 0.0506 e. The summed E-state index contributed by atoms with van der Waals surface area (Å²) in [5.41, 5.74) is 0. The van der Waals surface area contributed by atoms with Crippen molar-refractivity contribution in [3.63, 3.8) is 0 Å². The molecule has 13 heavy (non-hydrogen) atoms. The van der Waals surface area contributed by atoms with Crippen molar-refractivity contribution in [1.29, 1.82) is 0 Å². The second-order valence-electron chi connectivity index (χ2n) is 3.95. The molecule has 1 unspecified atom stereocenters. The zero-order valence-corrected chi connectivity index (χ0v) is 8.88. The van der Waals surface area contributed by atoms with Gasteiger partial charge in [-0.25, -0.2) is 0 Å². The molecule has 1 saturated heterocycles. The molecule has 0 bridgehead atoms. The number of rotatable bonds is 5. The van der Waals surface area contributed by atoms with Crippen LogP contribution in [-0.2, 0) is 4.74 Å². The van der Waals surface area contributed by atoms with E-state index < -0.39 is 0 Å². The number of hydrogen-bond donors (Lipinski definition) is 1. The first-order chi connectivity index (χ1) is 6.33. The molecule has 1 atom stereocenters. The molecule has 1 heterocycles. The lowest BCUT2D eigenvalue weighted by Gasteiger charge is -2.26. The molecule has 1 fully saturated rings. The SMILES string of the molecule is CNCCN(C)CC1CCCOC1. The van der Waals surface area contributed by atoms with Gasteiger partial charge >= 0.3 is 0 Å². The summed E-state index contributed by atoms with van der Waals surface area (Å²) in [6, 6.07) is 0. The molecule has 0 aromatic carbocycles. The summed E-state index contributed by atoms with van der Waals surface area (Å²) in [6.45, 7) is 5.32. The molecule has 0 aromatic rings. The van der Waals surface area contributed by atoms with Gasteiger partial charge in [-0.2, -0.15) is 0 Å². The van der Waals surface area contributed by atoms with E-state index in [0.29, 0.717) is 0 Å². The minimum Gasteiger partial charge on any atom is -0.381 e. The highest BCUT2D eigenvalue weighted by Crippen LogP contribution is 2.13. The van der Waals surface area contributed by atoms with Crippen LogP contribution >= 0.6 is 0 Å². The number of hydrogen-bond acceptors (Lipinski definition) is 3. The second-order valence-corrected chi connectivity index (χ2v) is 3.95. The summed E-state index contributed by atoms with van der Waals surface area (Å²) in [5, 5.41) is 3.16. The molecule has 0 aliphatic carbocycles. The summed E-state index contributed by atoms with van der Waals surface area (Å²) < 4.78 is 5.45. The van der Waals surface area contributed by atoms with E-state index >= 15 is 0 Å². The summed E-state index contributed by atoms with van der Waals surface area (Å²) in [5.74, 6) is 0.760. The lowest BCUT2D eigenvalue weighted by Crippen LogP contribution is -2.34. The van der Waals surface area contributed by atoms with Gasteiger partial charge in [-0.1, -0.05) is 0 Å². The van der Waals surface area contributed by atoms with Crippen molar-refractivity contribution in [2.75, 3.05) is 46.9 Å². The first-order valence-corrected chi connectivity index (χ1v) is 5.24. The van der Waals surface area contributed by atoms with Crippen molar-refractivity contribution in [3.05, 3.63) is 0 Å². The van der Waals surface area contributed by atoms with Crippen molar-refractivity contribution in [3.8, 4) is 0 Å². The Balaban J connectivity index is 2.07. The quantitative estimate of drug-likeness (QED) is 0.679. The molecule has 78 valence electrons. The van der Waals surface area contributed by atoms with Crippen LogP contribution in [-0.4, -0.2) is 51.8 Å². The number of ether oxygens (including phenoxy) is 1. The van der Waals surface area contributed by atoms with Gasteiger partial charge in [0.1, 0.15) is 0 Å². The van der Waals surface area contributed by atoms with Gasteiger partial charge in [-0.3, -0.25) is 0 Å². The maximum absolute atomic E-state index is 5.45. The average molecular weight is 186 g/mol. The van der Waals surface area contributed by atoms with Crippen LogP contribution < -0.4 is 5.32 Å². The zero-order valence-electron chi connectivity index (χ0n) is 8.88. The number of nitrogens with zero attached hydrogens (tertiary/aromatic N) is 1. The van der Waals surface area contributed by atoms with Crippen LogP contribution in [0.3, 0.4) is 0 Å². The van der Waals surface area contributed by atoms with E-state index in [9.17, 15) is 0 Å². The standard InChI is InChI=1S/C10H22N2O/c1-11-5-6-12(2)8-10-4-3-7-13-9-10/h10-11H,3-9H2,1-2H3.